The fraction of sp³-hybridized carbons (Fsp3) is 0.0222. The predicted octanol–water partition coefficient (Wildman–Crippen LogP) is 11.7. The molecule has 0 N–H and O–H groups in total. The maximum Gasteiger partial charge on any atom is 0.0713 e. The Bertz CT molecular complexity index is 2150. The van der Waals surface area contributed by atoms with Crippen molar-refractivity contribution in [1.82, 2.24) is 0 Å². The van der Waals surface area contributed by atoms with Gasteiger partial charge in [0.15, 0.2) is 0 Å². The highest BCUT2D eigenvalue weighted by atomic mass is 15.1. The van der Waals surface area contributed by atoms with Crippen molar-refractivity contribution in [3.05, 3.63) is 221 Å². The molecule has 0 atom stereocenters. The third kappa shape index (κ3) is 4.74. The normalized spacial score (nSPS) is 13.9. The topological polar surface area (TPSA) is 3.24 Å². The van der Waals surface area contributed by atoms with Gasteiger partial charge in [0.25, 0.3) is 0 Å². The number of hydrogen-bond acceptors (Lipinski definition) is 1. The zero-order chi connectivity index (χ0) is 32.5. The van der Waals surface area contributed by atoms with Crippen LogP contribution in [0.3, 0.4) is 0 Å². The molecule has 7 aromatic carbocycles. The molecule has 0 aromatic heterocycles. The predicted molar refractivity (Wildman–Crippen MR) is 194 cm³/mol. The van der Waals surface area contributed by atoms with E-state index in [0.717, 1.165) is 33.8 Å². The van der Waals surface area contributed by atoms with Crippen LogP contribution in [-0.4, -0.2) is 0 Å². The Labute approximate surface area is 274 Å². The van der Waals surface area contributed by atoms with Crippen molar-refractivity contribution in [3.63, 3.8) is 0 Å². The number of fused-ring (bicyclic) bond motifs is 3. The quantitative estimate of drug-likeness (QED) is 0.167. The van der Waals surface area contributed by atoms with Gasteiger partial charge in [-0.1, -0.05) is 158 Å². The number of anilines is 3. The zero-order valence-electron chi connectivity index (χ0n) is 27.3. The Balaban J connectivity index is 1.24. The molecule has 0 spiro atoms. The van der Waals surface area contributed by atoms with E-state index < -0.39 is 5.41 Å². The van der Waals surface area contributed by atoms with Crippen LogP contribution in [0.5, 0.6) is 0 Å². The largest absolute Gasteiger partial charge is 0.311 e. The molecule has 0 saturated carbocycles. The standard InChI is InChI=1S/C45H33N/c1-5-15-36(16-6-1)45(37-17-7-2-8-18-37)43-24-14-13-23-41(43)42-32-29-35(33-44(42)45)26-25-34-27-30-40(31-28-34)46(38-19-9-3-10-20-38)39-21-11-4-12-22-39/h1-33H/b26-25+/i25D,26D. The van der Waals surface area contributed by atoms with Crippen LogP contribution in [-0.2, 0) is 5.41 Å². The summed E-state index contributed by atoms with van der Waals surface area (Å²) in [6.45, 7) is 0. The number of rotatable bonds is 7. The first kappa shape index (κ1) is 25.4. The lowest BCUT2D eigenvalue weighted by Crippen LogP contribution is -2.28. The van der Waals surface area contributed by atoms with E-state index in [9.17, 15) is 2.74 Å². The smallest absolute Gasteiger partial charge is 0.0713 e. The van der Waals surface area contributed by atoms with E-state index in [1.807, 2.05) is 66.7 Å². The van der Waals surface area contributed by atoms with Gasteiger partial charge in [-0.15, -0.1) is 0 Å². The molecule has 0 fully saturated rings. The molecule has 0 saturated heterocycles. The van der Waals surface area contributed by atoms with Crippen molar-refractivity contribution >= 4 is 29.2 Å². The molecule has 1 aliphatic carbocycles. The molecule has 0 amide bonds. The molecule has 46 heavy (non-hydrogen) atoms. The summed E-state index contributed by atoms with van der Waals surface area (Å²) in [5.41, 5.74) is 11.1. The summed E-state index contributed by atoms with van der Waals surface area (Å²) in [6, 6.07) is 65.2. The van der Waals surface area contributed by atoms with E-state index >= 15 is 0 Å². The van der Waals surface area contributed by atoms with Gasteiger partial charge in [0.05, 0.1) is 8.16 Å². The van der Waals surface area contributed by atoms with E-state index in [0.29, 0.717) is 5.56 Å². The second-order valence-electron chi connectivity index (χ2n) is 11.6. The minimum absolute atomic E-state index is 0.188. The number of para-hydroxylation sites is 2. The first-order chi connectivity index (χ1) is 23.7. The van der Waals surface area contributed by atoms with E-state index in [2.05, 4.69) is 126 Å². The second-order valence-corrected chi connectivity index (χ2v) is 11.6. The van der Waals surface area contributed by atoms with E-state index in [1.54, 1.807) is 0 Å². The van der Waals surface area contributed by atoms with Crippen LogP contribution in [0.15, 0.2) is 188 Å². The molecule has 0 bridgehead atoms. The molecule has 1 aliphatic rings. The average molecular weight is 590 g/mol. The maximum atomic E-state index is 9.31. The summed E-state index contributed by atoms with van der Waals surface area (Å²) in [5, 5.41) is 0. The third-order valence-electron chi connectivity index (χ3n) is 8.96. The summed E-state index contributed by atoms with van der Waals surface area (Å²) < 4.78 is 18.5. The lowest BCUT2D eigenvalue weighted by atomic mass is 9.67. The summed E-state index contributed by atoms with van der Waals surface area (Å²) >= 11 is 0. The highest BCUT2D eigenvalue weighted by Crippen LogP contribution is 2.56. The van der Waals surface area contributed by atoms with Gasteiger partial charge < -0.3 is 4.90 Å². The Morgan fingerprint density at radius 2 is 0.826 bits per heavy atom. The van der Waals surface area contributed by atoms with Crippen molar-refractivity contribution in [2.24, 2.45) is 0 Å². The van der Waals surface area contributed by atoms with Gasteiger partial charge in [0.2, 0.25) is 0 Å². The first-order valence-corrected chi connectivity index (χ1v) is 15.7. The van der Waals surface area contributed by atoms with Crippen LogP contribution in [0.2, 0.25) is 0 Å². The molecule has 7 aromatic rings. The van der Waals surface area contributed by atoms with E-state index in [1.165, 1.54) is 22.3 Å². The van der Waals surface area contributed by atoms with Crippen LogP contribution >= 0.6 is 0 Å². The Kier molecular flexibility index (Phi) is 6.56. The van der Waals surface area contributed by atoms with Crippen molar-refractivity contribution in [2.45, 2.75) is 5.41 Å². The maximum absolute atomic E-state index is 9.31. The van der Waals surface area contributed by atoms with Crippen molar-refractivity contribution in [1.29, 1.82) is 0 Å². The second kappa shape index (κ2) is 11.9. The van der Waals surface area contributed by atoms with Crippen LogP contribution < -0.4 is 4.90 Å². The highest BCUT2D eigenvalue weighted by Gasteiger charge is 2.45. The Morgan fingerprint density at radius 3 is 1.41 bits per heavy atom. The molecule has 218 valence electrons. The van der Waals surface area contributed by atoms with Gasteiger partial charge in [-0.05, 0) is 87.0 Å². The third-order valence-corrected chi connectivity index (χ3v) is 8.96. The molecular formula is C45H33N. The highest BCUT2D eigenvalue weighted by molar-refractivity contribution is 5.88. The summed E-state index contributed by atoms with van der Waals surface area (Å²) in [6.07, 6.45) is 0. The molecule has 0 heterocycles. The fourth-order valence-corrected chi connectivity index (χ4v) is 6.96. The van der Waals surface area contributed by atoms with Gasteiger partial charge in [-0.25, -0.2) is 0 Å². The Hall–Kier alpha value is -5.92. The SMILES string of the molecule is [2H]/C(=C(/[2H])c1ccc2c(c1)C(c1ccccc1)(c1ccccc1)c1ccccc1-2)c1ccc(N(c2ccccc2)c2ccccc2)cc1. The van der Waals surface area contributed by atoms with Crippen molar-refractivity contribution in [3.8, 4) is 11.1 Å². The van der Waals surface area contributed by atoms with Crippen molar-refractivity contribution in [2.75, 3.05) is 4.90 Å². The Morgan fingerprint density at radius 1 is 0.391 bits per heavy atom. The molecule has 1 nitrogen and oxygen atoms in total. The fourth-order valence-electron chi connectivity index (χ4n) is 6.96. The molecule has 1 heteroatoms. The van der Waals surface area contributed by atoms with Crippen LogP contribution in [0.25, 0.3) is 23.2 Å². The molecular weight excluding hydrogens is 555 g/mol. The van der Waals surface area contributed by atoms with Gasteiger partial charge in [0.1, 0.15) is 0 Å². The summed E-state index contributed by atoms with van der Waals surface area (Å²) in [5.74, 6) is 0. The lowest BCUT2D eigenvalue weighted by molar-refractivity contribution is 0.768. The average Bonchev–Trinajstić information content (AvgIpc) is 3.47. The van der Waals surface area contributed by atoms with Crippen LogP contribution in [0, 0.1) is 0 Å². The molecule has 0 aliphatic heterocycles. The zero-order valence-corrected chi connectivity index (χ0v) is 25.3. The van der Waals surface area contributed by atoms with Gasteiger partial charge in [-0.3, -0.25) is 0 Å². The molecule has 8 rings (SSSR count). The van der Waals surface area contributed by atoms with Crippen LogP contribution in [0.1, 0.15) is 36.1 Å². The van der Waals surface area contributed by atoms with Crippen molar-refractivity contribution < 1.29 is 2.74 Å². The number of hydrogen-bond donors (Lipinski definition) is 0. The van der Waals surface area contributed by atoms with Crippen LogP contribution in [0.4, 0.5) is 17.1 Å². The minimum atomic E-state index is -0.549. The van der Waals surface area contributed by atoms with Gasteiger partial charge in [0, 0.05) is 17.1 Å². The van der Waals surface area contributed by atoms with Gasteiger partial charge >= 0.3 is 0 Å². The van der Waals surface area contributed by atoms with E-state index in [4.69, 9.17) is 0 Å². The minimum Gasteiger partial charge on any atom is -0.311 e. The first-order valence-electron chi connectivity index (χ1n) is 16.7. The number of nitrogens with zero attached hydrogens (tertiary/aromatic N) is 1. The summed E-state index contributed by atoms with van der Waals surface area (Å²) in [7, 11) is 0. The monoisotopic (exact) mass is 589 g/mol. The molecule has 0 radical (unpaired) electrons. The summed E-state index contributed by atoms with van der Waals surface area (Å²) in [4.78, 5) is 2.20. The van der Waals surface area contributed by atoms with E-state index in [-0.39, 0.29) is 12.1 Å². The number of benzene rings is 7. The molecule has 0 unspecified atom stereocenters. The lowest BCUT2D eigenvalue weighted by Gasteiger charge is -2.34. The van der Waals surface area contributed by atoms with Gasteiger partial charge in [-0.2, -0.15) is 0 Å².